The van der Waals surface area contributed by atoms with Gasteiger partial charge in [0, 0.05) is 20.7 Å². The van der Waals surface area contributed by atoms with E-state index in [1.807, 2.05) is 34.7 Å². The Morgan fingerprint density at radius 1 is 1.27 bits per heavy atom. The van der Waals surface area contributed by atoms with Crippen LogP contribution in [-0.2, 0) is 19.1 Å². The summed E-state index contributed by atoms with van der Waals surface area (Å²) >= 11 is 0. The van der Waals surface area contributed by atoms with E-state index in [9.17, 15) is 14.4 Å². The topological polar surface area (TPSA) is 105 Å². The molecular formula is C22H42N4O4. The monoisotopic (exact) mass is 426 g/mol. The van der Waals surface area contributed by atoms with Gasteiger partial charge in [-0.25, -0.2) is 0 Å². The molecule has 3 N–H and O–H groups in total. The number of likely N-dealkylation sites (tertiary alicyclic amines) is 1. The summed E-state index contributed by atoms with van der Waals surface area (Å²) in [6.45, 7) is 9.63. The van der Waals surface area contributed by atoms with Crippen molar-refractivity contribution in [2.45, 2.75) is 71.6 Å². The van der Waals surface area contributed by atoms with E-state index in [4.69, 9.17) is 10.5 Å². The van der Waals surface area contributed by atoms with Crippen molar-refractivity contribution < 1.29 is 19.1 Å². The zero-order valence-electron chi connectivity index (χ0n) is 19.8. The first-order chi connectivity index (χ1) is 14.0. The normalized spacial score (nSPS) is 21.5. The molecule has 1 aliphatic heterocycles. The Bertz CT molecular complexity index is 583. The van der Waals surface area contributed by atoms with E-state index in [1.54, 1.807) is 11.9 Å². The second-order valence-corrected chi connectivity index (χ2v) is 9.10. The third-order valence-electron chi connectivity index (χ3n) is 6.33. The number of methoxy groups -OCH3 is 1. The molecule has 3 amide bonds. The van der Waals surface area contributed by atoms with Crippen LogP contribution in [0.1, 0.15) is 53.4 Å². The standard InChI is InChI=1S/C22H42N4O4/c1-8-15(4)20(17(30-7)12-18(23)27)26(6)22(29)19(14(2)3)24-21(28)16-10-9-11-25(5)13-16/h14-17,19-20H,8-13H2,1-7H3,(H2,23,27)(H,24,28)/t15-,16+,17+,19-,20-/m0/s1. The number of hydrogen-bond donors (Lipinski definition) is 2. The van der Waals surface area contributed by atoms with Crippen molar-refractivity contribution in [2.75, 3.05) is 34.3 Å². The molecule has 1 saturated heterocycles. The van der Waals surface area contributed by atoms with E-state index in [0.717, 1.165) is 25.8 Å². The minimum atomic E-state index is -0.632. The summed E-state index contributed by atoms with van der Waals surface area (Å²) < 4.78 is 5.56. The molecule has 8 heteroatoms. The molecule has 1 aliphatic rings. The number of nitrogens with zero attached hydrogens (tertiary/aromatic N) is 2. The van der Waals surface area contributed by atoms with E-state index in [0.29, 0.717) is 6.54 Å². The Morgan fingerprint density at radius 2 is 1.90 bits per heavy atom. The van der Waals surface area contributed by atoms with Crippen molar-refractivity contribution >= 4 is 17.7 Å². The average Bonchev–Trinajstić information content (AvgIpc) is 2.69. The lowest BCUT2D eigenvalue weighted by Gasteiger charge is -2.40. The van der Waals surface area contributed by atoms with Crippen LogP contribution in [0.4, 0.5) is 0 Å². The highest BCUT2D eigenvalue weighted by Gasteiger charge is 2.38. The summed E-state index contributed by atoms with van der Waals surface area (Å²) in [5.74, 6) is -0.776. The molecule has 1 fully saturated rings. The number of nitrogens with two attached hydrogens (primary N) is 1. The smallest absolute Gasteiger partial charge is 0.245 e. The maximum atomic E-state index is 13.5. The second kappa shape index (κ2) is 12.2. The average molecular weight is 427 g/mol. The first kappa shape index (κ1) is 26.4. The Hall–Kier alpha value is -1.67. The molecule has 30 heavy (non-hydrogen) atoms. The van der Waals surface area contributed by atoms with Crippen LogP contribution < -0.4 is 11.1 Å². The molecule has 0 bridgehead atoms. The summed E-state index contributed by atoms with van der Waals surface area (Å²) in [5, 5.41) is 3.01. The second-order valence-electron chi connectivity index (χ2n) is 9.10. The number of amides is 3. The summed E-state index contributed by atoms with van der Waals surface area (Å²) in [6.07, 6.45) is 2.17. The molecule has 0 saturated carbocycles. The van der Waals surface area contributed by atoms with Gasteiger partial charge < -0.3 is 25.6 Å². The van der Waals surface area contributed by atoms with Gasteiger partial charge in [0.15, 0.2) is 0 Å². The molecule has 0 aliphatic carbocycles. The van der Waals surface area contributed by atoms with Gasteiger partial charge in [-0.1, -0.05) is 34.1 Å². The van der Waals surface area contributed by atoms with Crippen molar-refractivity contribution in [1.82, 2.24) is 15.1 Å². The van der Waals surface area contributed by atoms with Crippen molar-refractivity contribution in [3.05, 3.63) is 0 Å². The van der Waals surface area contributed by atoms with Crippen LogP contribution >= 0.6 is 0 Å². The summed E-state index contributed by atoms with van der Waals surface area (Å²) in [5.41, 5.74) is 5.41. The zero-order chi connectivity index (χ0) is 23.0. The predicted octanol–water partition coefficient (Wildman–Crippen LogP) is 1.23. The van der Waals surface area contributed by atoms with Gasteiger partial charge >= 0.3 is 0 Å². The molecule has 0 unspecified atom stereocenters. The SMILES string of the molecule is CC[C@H](C)[C@@H]([C@@H](CC(N)=O)OC)N(C)C(=O)[C@@H](NC(=O)[C@@H]1CCCN(C)C1)C(C)C. The van der Waals surface area contributed by atoms with Crippen LogP contribution in [0.2, 0.25) is 0 Å². The maximum absolute atomic E-state index is 13.5. The van der Waals surface area contributed by atoms with Gasteiger partial charge in [0.2, 0.25) is 17.7 Å². The summed E-state index contributed by atoms with van der Waals surface area (Å²) in [4.78, 5) is 41.7. The van der Waals surface area contributed by atoms with Crippen molar-refractivity contribution in [3.63, 3.8) is 0 Å². The molecule has 0 aromatic heterocycles. The minimum Gasteiger partial charge on any atom is -0.379 e. The lowest BCUT2D eigenvalue weighted by molar-refractivity contribution is -0.144. The summed E-state index contributed by atoms with van der Waals surface area (Å²) in [6, 6.07) is -0.952. The van der Waals surface area contributed by atoms with Gasteiger partial charge in [0.1, 0.15) is 6.04 Å². The summed E-state index contributed by atoms with van der Waals surface area (Å²) in [7, 11) is 5.27. The molecule has 0 aromatic carbocycles. The van der Waals surface area contributed by atoms with E-state index >= 15 is 0 Å². The van der Waals surface area contributed by atoms with Gasteiger partial charge in [-0.3, -0.25) is 14.4 Å². The van der Waals surface area contributed by atoms with Gasteiger partial charge in [-0.15, -0.1) is 0 Å². The number of carbonyl (C=O) groups is 3. The number of rotatable bonds is 11. The fraction of sp³-hybridized carbons (Fsp3) is 0.864. The van der Waals surface area contributed by atoms with Crippen molar-refractivity contribution in [1.29, 1.82) is 0 Å². The first-order valence-corrected chi connectivity index (χ1v) is 11.1. The number of likely N-dealkylation sites (N-methyl/N-ethyl adjacent to an activating group) is 1. The maximum Gasteiger partial charge on any atom is 0.245 e. The quantitative estimate of drug-likeness (QED) is 0.517. The Kier molecular flexibility index (Phi) is 10.8. The van der Waals surface area contributed by atoms with Crippen molar-refractivity contribution in [3.8, 4) is 0 Å². The van der Waals surface area contributed by atoms with E-state index in [-0.39, 0.29) is 42.0 Å². The number of nitrogens with one attached hydrogen (secondary N) is 1. The van der Waals surface area contributed by atoms with Crippen molar-refractivity contribution in [2.24, 2.45) is 23.5 Å². The van der Waals surface area contributed by atoms with Crippen LogP contribution in [0.3, 0.4) is 0 Å². The van der Waals surface area contributed by atoms with Crippen LogP contribution in [0, 0.1) is 17.8 Å². The zero-order valence-corrected chi connectivity index (χ0v) is 19.8. The van der Waals surface area contributed by atoms with Gasteiger partial charge in [0.05, 0.1) is 24.5 Å². The van der Waals surface area contributed by atoms with Crippen LogP contribution in [-0.4, -0.2) is 80.0 Å². The number of primary amides is 1. The Morgan fingerprint density at radius 3 is 2.37 bits per heavy atom. The van der Waals surface area contributed by atoms with Crippen LogP contribution in [0.25, 0.3) is 0 Å². The lowest BCUT2D eigenvalue weighted by Crippen LogP contribution is -2.58. The number of piperidine rings is 1. The van der Waals surface area contributed by atoms with Gasteiger partial charge in [-0.05, 0) is 38.3 Å². The molecule has 8 nitrogen and oxygen atoms in total. The fourth-order valence-corrected chi connectivity index (χ4v) is 4.31. The number of ether oxygens (including phenoxy) is 1. The largest absolute Gasteiger partial charge is 0.379 e. The van der Waals surface area contributed by atoms with Gasteiger partial charge in [-0.2, -0.15) is 0 Å². The molecule has 1 rings (SSSR count). The lowest BCUT2D eigenvalue weighted by atomic mass is 9.89. The van der Waals surface area contributed by atoms with Gasteiger partial charge in [0.25, 0.3) is 0 Å². The Balaban J connectivity index is 3.02. The van der Waals surface area contributed by atoms with E-state index in [1.165, 1.54) is 7.11 Å². The highest BCUT2D eigenvalue weighted by molar-refractivity contribution is 5.89. The molecule has 0 radical (unpaired) electrons. The third-order valence-corrected chi connectivity index (χ3v) is 6.33. The van der Waals surface area contributed by atoms with Crippen LogP contribution in [0.15, 0.2) is 0 Å². The Labute approximate surface area is 181 Å². The molecular weight excluding hydrogens is 384 g/mol. The number of hydrogen-bond acceptors (Lipinski definition) is 5. The predicted molar refractivity (Wildman–Crippen MR) is 118 cm³/mol. The van der Waals surface area contributed by atoms with Crippen LogP contribution in [0.5, 0.6) is 0 Å². The minimum absolute atomic E-state index is 0.0379. The highest BCUT2D eigenvalue weighted by atomic mass is 16.5. The molecule has 0 aromatic rings. The first-order valence-electron chi connectivity index (χ1n) is 11.1. The third kappa shape index (κ3) is 7.23. The molecule has 174 valence electrons. The highest BCUT2D eigenvalue weighted by Crippen LogP contribution is 2.23. The fourth-order valence-electron chi connectivity index (χ4n) is 4.31. The molecule has 5 atom stereocenters. The number of carbonyl (C=O) groups excluding carboxylic acids is 3. The van der Waals surface area contributed by atoms with E-state index < -0.39 is 18.1 Å². The molecule has 1 heterocycles. The molecule has 0 spiro atoms. The van der Waals surface area contributed by atoms with E-state index in [2.05, 4.69) is 10.2 Å².